The van der Waals surface area contributed by atoms with E-state index in [0.29, 0.717) is 23.3 Å². The van der Waals surface area contributed by atoms with E-state index in [-0.39, 0.29) is 24.1 Å². The van der Waals surface area contributed by atoms with Gasteiger partial charge in [0.1, 0.15) is 17.2 Å². The number of rotatable bonds is 9. The van der Waals surface area contributed by atoms with Crippen LogP contribution in [-0.4, -0.2) is 29.1 Å². The average Bonchev–Trinajstić information content (AvgIpc) is 2.78. The molecule has 0 aliphatic carbocycles. The van der Waals surface area contributed by atoms with E-state index in [1.54, 1.807) is 36.4 Å². The summed E-state index contributed by atoms with van der Waals surface area (Å²) in [4.78, 5) is 11.7. The van der Waals surface area contributed by atoms with E-state index in [2.05, 4.69) is 30.3 Å². The highest BCUT2D eigenvalue weighted by Crippen LogP contribution is 2.34. The van der Waals surface area contributed by atoms with Crippen molar-refractivity contribution in [2.45, 2.75) is 25.5 Å². The molecule has 0 saturated heterocycles. The minimum Gasteiger partial charge on any atom is -0.365 e. The largest absolute Gasteiger partial charge is 0.421 e. The number of nitrogens with zero attached hydrogens (tertiary/aromatic N) is 3. The van der Waals surface area contributed by atoms with Gasteiger partial charge in [-0.2, -0.15) is 18.2 Å². The van der Waals surface area contributed by atoms with Gasteiger partial charge in [-0.05, 0) is 30.7 Å². The molecular formula is C20H20ClF3N6O2S. The van der Waals surface area contributed by atoms with Gasteiger partial charge in [-0.3, -0.25) is 4.72 Å². The molecule has 33 heavy (non-hydrogen) atoms. The van der Waals surface area contributed by atoms with Crippen molar-refractivity contribution in [1.29, 1.82) is 0 Å². The zero-order valence-electron chi connectivity index (χ0n) is 17.3. The van der Waals surface area contributed by atoms with Crippen LogP contribution >= 0.6 is 11.6 Å². The summed E-state index contributed by atoms with van der Waals surface area (Å²) >= 11 is 5.76. The number of halogens is 4. The molecule has 2 aromatic heterocycles. The van der Waals surface area contributed by atoms with Gasteiger partial charge in [0.15, 0.2) is 0 Å². The zero-order chi connectivity index (χ0) is 24.1. The summed E-state index contributed by atoms with van der Waals surface area (Å²) in [6.07, 6.45) is -2.65. The van der Waals surface area contributed by atoms with Gasteiger partial charge >= 0.3 is 6.18 Å². The summed E-state index contributed by atoms with van der Waals surface area (Å²) in [7, 11) is -3.62. The number of benzene rings is 1. The summed E-state index contributed by atoms with van der Waals surface area (Å²) in [5.41, 5.74) is 0.722. The molecule has 0 bridgehead atoms. The second-order valence-electron chi connectivity index (χ2n) is 6.78. The molecule has 0 aliphatic heterocycles. The van der Waals surface area contributed by atoms with Crippen LogP contribution in [0.1, 0.15) is 23.6 Å². The standard InChI is InChI=1S/C20H20ClF3N6O2S/c1-2-33(31,32)30-17-14(4-3-9-25-17)11-26-18-16(20(22,23)24)12-27-19(29-18)28-15-7-5-13(10-21)6-8-15/h3-9,12H,2,10-11H2,1H3,(H,25,30)(H2,26,27,28,29). The fourth-order valence-corrected chi connectivity index (χ4v) is 3.46. The maximum atomic E-state index is 13.5. The first-order valence-electron chi connectivity index (χ1n) is 9.65. The second kappa shape index (κ2) is 10.2. The molecule has 0 fully saturated rings. The highest BCUT2D eigenvalue weighted by Gasteiger charge is 2.35. The van der Waals surface area contributed by atoms with Crippen molar-refractivity contribution in [3.05, 3.63) is 65.5 Å². The average molecular weight is 501 g/mol. The zero-order valence-corrected chi connectivity index (χ0v) is 18.9. The van der Waals surface area contributed by atoms with Gasteiger partial charge in [-0.15, -0.1) is 11.6 Å². The van der Waals surface area contributed by atoms with Crippen molar-refractivity contribution in [2.75, 3.05) is 21.1 Å². The van der Waals surface area contributed by atoms with E-state index < -0.39 is 27.6 Å². The molecule has 1 aromatic carbocycles. The van der Waals surface area contributed by atoms with Gasteiger partial charge in [0, 0.05) is 36.1 Å². The molecule has 0 unspecified atom stereocenters. The Morgan fingerprint density at radius 1 is 1.06 bits per heavy atom. The van der Waals surface area contributed by atoms with Gasteiger partial charge < -0.3 is 10.6 Å². The van der Waals surface area contributed by atoms with E-state index in [1.165, 1.54) is 13.1 Å². The van der Waals surface area contributed by atoms with E-state index in [0.717, 1.165) is 5.56 Å². The molecule has 0 aliphatic rings. The number of hydrogen-bond donors (Lipinski definition) is 3. The first-order valence-corrected chi connectivity index (χ1v) is 11.8. The second-order valence-corrected chi connectivity index (χ2v) is 9.06. The number of hydrogen-bond acceptors (Lipinski definition) is 7. The lowest BCUT2D eigenvalue weighted by Gasteiger charge is -2.16. The monoisotopic (exact) mass is 500 g/mol. The number of aromatic nitrogens is 3. The van der Waals surface area contributed by atoms with Crippen LogP contribution in [0.3, 0.4) is 0 Å². The van der Waals surface area contributed by atoms with Crippen molar-refractivity contribution in [2.24, 2.45) is 0 Å². The Bertz CT molecular complexity index is 1210. The van der Waals surface area contributed by atoms with Crippen LogP contribution in [0.2, 0.25) is 0 Å². The van der Waals surface area contributed by atoms with E-state index in [4.69, 9.17) is 11.6 Å². The topological polar surface area (TPSA) is 109 Å². The van der Waals surface area contributed by atoms with Crippen LogP contribution in [0.5, 0.6) is 0 Å². The number of pyridine rings is 1. The normalized spacial score (nSPS) is 11.8. The Labute approximate surface area is 193 Å². The summed E-state index contributed by atoms with van der Waals surface area (Å²) in [6.45, 7) is 1.29. The first kappa shape index (κ1) is 24.5. The molecule has 2 heterocycles. The van der Waals surface area contributed by atoms with Crippen molar-refractivity contribution in [3.63, 3.8) is 0 Å². The molecule has 0 atom stereocenters. The van der Waals surface area contributed by atoms with Crippen molar-refractivity contribution in [1.82, 2.24) is 15.0 Å². The SMILES string of the molecule is CCS(=O)(=O)Nc1ncccc1CNc1nc(Nc2ccc(CCl)cc2)ncc1C(F)(F)F. The predicted molar refractivity (Wildman–Crippen MR) is 121 cm³/mol. The molecule has 3 aromatic rings. The summed E-state index contributed by atoms with van der Waals surface area (Å²) in [5, 5.41) is 5.47. The molecule has 0 amide bonds. The van der Waals surface area contributed by atoms with E-state index in [9.17, 15) is 21.6 Å². The Morgan fingerprint density at radius 3 is 2.42 bits per heavy atom. The quantitative estimate of drug-likeness (QED) is 0.364. The Morgan fingerprint density at radius 2 is 1.79 bits per heavy atom. The highest BCUT2D eigenvalue weighted by atomic mass is 35.5. The first-order chi connectivity index (χ1) is 15.6. The van der Waals surface area contributed by atoms with Gasteiger partial charge in [0.25, 0.3) is 0 Å². The summed E-state index contributed by atoms with van der Waals surface area (Å²) < 4.78 is 66.6. The van der Waals surface area contributed by atoms with Gasteiger partial charge in [0.2, 0.25) is 16.0 Å². The van der Waals surface area contributed by atoms with E-state index >= 15 is 0 Å². The summed E-state index contributed by atoms with van der Waals surface area (Å²) in [5.74, 6) is -0.350. The van der Waals surface area contributed by atoms with Crippen LogP contribution in [-0.2, 0) is 28.6 Å². The predicted octanol–water partition coefficient (Wildman–Crippen LogP) is 4.75. The van der Waals surface area contributed by atoms with Crippen LogP contribution in [0.15, 0.2) is 48.8 Å². The number of alkyl halides is 4. The summed E-state index contributed by atoms with van der Waals surface area (Å²) in [6, 6.07) is 10.0. The lowest BCUT2D eigenvalue weighted by atomic mass is 10.2. The molecule has 0 spiro atoms. The Hall–Kier alpha value is -3.12. The minimum absolute atomic E-state index is 0.0206. The molecule has 13 heteroatoms. The smallest absolute Gasteiger partial charge is 0.365 e. The third-order valence-corrected chi connectivity index (χ3v) is 6.00. The fourth-order valence-electron chi connectivity index (χ4n) is 2.66. The maximum Gasteiger partial charge on any atom is 0.421 e. The molecule has 3 rings (SSSR count). The molecular weight excluding hydrogens is 481 g/mol. The molecule has 3 N–H and O–H groups in total. The number of nitrogens with one attached hydrogen (secondary N) is 3. The fraction of sp³-hybridized carbons (Fsp3) is 0.250. The van der Waals surface area contributed by atoms with Crippen molar-refractivity contribution in [3.8, 4) is 0 Å². The molecule has 176 valence electrons. The van der Waals surface area contributed by atoms with Crippen LogP contribution < -0.4 is 15.4 Å². The third kappa shape index (κ3) is 6.68. The van der Waals surface area contributed by atoms with Crippen LogP contribution in [0.25, 0.3) is 0 Å². The minimum atomic E-state index is -4.70. The maximum absolute atomic E-state index is 13.5. The van der Waals surface area contributed by atoms with Crippen LogP contribution in [0, 0.1) is 0 Å². The Balaban J connectivity index is 1.86. The number of sulfonamides is 1. The lowest BCUT2D eigenvalue weighted by molar-refractivity contribution is -0.137. The van der Waals surface area contributed by atoms with E-state index in [1.807, 2.05) is 0 Å². The number of anilines is 4. The van der Waals surface area contributed by atoms with Gasteiger partial charge in [0.05, 0.1) is 5.75 Å². The lowest BCUT2D eigenvalue weighted by Crippen LogP contribution is -2.18. The third-order valence-electron chi connectivity index (χ3n) is 4.43. The van der Waals surface area contributed by atoms with Gasteiger partial charge in [-0.25, -0.2) is 18.4 Å². The van der Waals surface area contributed by atoms with Crippen molar-refractivity contribution < 1.29 is 21.6 Å². The van der Waals surface area contributed by atoms with Gasteiger partial charge in [-0.1, -0.05) is 18.2 Å². The van der Waals surface area contributed by atoms with Crippen LogP contribution in [0.4, 0.5) is 36.4 Å². The Kier molecular flexibility index (Phi) is 7.59. The van der Waals surface area contributed by atoms with Crippen molar-refractivity contribution >= 4 is 44.9 Å². The highest BCUT2D eigenvalue weighted by molar-refractivity contribution is 7.92. The molecule has 8 nitrogen and oxygen atoms in total. The molecule has 0 saturated carbocycles. The molecule has 0 radical (unpaired) electrons.